The van der Waals surface area contributed by atoms with Gasteiger partial charge in [0.05, 0.1) is 7.11 Å². The SMILES string of the molecule is COc1c[nH]c(C(=O)Nc2ccc3c(c2)CN(C2CCC(=O)NC2=O)C3=O)c1C. The van der Waals surface area contributed by atoms with Gasteiger partial charge in [0, 0.05) is 36.0 Å². The van der Waals surface area contributed by atoms with Gasteiger partial charge in [-0.25, -0.2) is 0 Å². The lowest BCUT2D eigenvalue weighted by atomic mass is 10.0. The van der Waals surface area contributed by atoms with E-state index < -0.39 is 11.9 Å². The van der Waals surface area contributed by atoms with E-state index in [4.69, 9.17) is 4.74 Å². The lowest BCUT2D eigenvalue weighted by Crippen LogP contribution is -2.52. The Morgan fingerprint density at radius 2 is 2.07 bits per heavy atom. The van der Waals surface area contributed by atoms with Gasteiger partial charge in [0.15, 0.2) is 0 Å². The Labute approximate surface area is 166 Å². The van der Waals surface area contributed by atoms with Crippen molar-refractivity contribution in [3.05, 3.63) is 46.8 Å². The van der Waals surface area contributed by atoms with Crippen molar-refractivity contribution in [2.45, 2.75) is 32.4 Å². The molecule has 1 aromatic heterocycles. The maximum Gasteiger partial charge on any atom is 0.272 e. The summed E-state index contributed by atoms with van der Waals surface area (Å²) in [6.07, 6.45) is 2.13. The fourth-order valence-electron chi connectivity index (χ4n) is 3.77. The van der Waals surface area contributed by atoms with Gasteiger partial charge in [-0.3, -0.25) is 24.5 Å². The molecule has 2 aliphatic heterocycles. The van der Waals surface area contributed by atoms with Crippen LogP contribution < -0.4 is 15.4 Å². The first-order valence-corrected chi connectivity index (χ1v) is 9.20. The average Bonchev–Trinajstić information content (AvgIpc) is 3.21. The smallest absolute Gasteiger partial charge is 0.272 e. The summed E-state index contributed by atoms with van der Waals surface area (Å²) in [4.78, 5) is 53.1. The molecule has 29 heavy (non-hydrogen) atoms. The largest absolute Gasteiger partial charge is 0.495 e. The third-order valence-corrected chi connectivity index (χ3v) is 5.32. The molecule has 3 N–H and O–H groups in total. The Bertz CT molecular complexity index is 1040. The third kappa shape index (κ3) is 3.24. The van der Waals surface area contributed by atoms with Crippen molar-refractivity contribution in [1.29, 1.82) is 0 Å². The third-order valence-electron chi connectivity index (χ3n) is 5.32. The topological polar surface area (TPSA) is 121 Å². The van der Waals surface area contributed by atoms with Crippen LogP contribution in [0.3, 0.4) is 0 Å². The van der Waals surface area contributed by atoms with E-state index in [2.05, 4.69) is 15.6 Å². The zero-order valence-electron chi connectivity index (χ0n) is 16.0. The van der Waals surface area contributed by atoms with Crippen molar-refractivity contribution in [3.63, 3.8) is 0 Å². The summed E-state index contributed by atoms with van der Waals surface area (Å²) < 4.78 is 5.18. The molecule has 4 rings (SSSR count). The fraction of sp³-hybridized carbons (Fsp3) is 0.300. The number of rotatable bonds is 4. The Hall–Kier alpha value is -3.62. The molecule has 3 heterocycles. The Kier molecular flexibility index (Phi) is 4.57. The van der Waals surface area contributed by atoms with Gasteiger partial charge in [0.2, 0.25) is 11.8 Å². The van der Waals surface area contributed by atoms with Crippen LogP contribution in [0.15, 0.2) is 24.4 Å². The molecule has 2 aliphatic rings. The molecule has 1 fully saturated rings. The maximum absolute atomic E-state index is 12.7. The van der Waals surface area contributed by atoms with E-state index >= 15 is 0 Å². The number of nitrogens with one attached hydrogen (secondary N) is 3. The second kappa shape index (κ2) is 7.08. The van der Waals surface area contributed by atoms with E-state index in [9.17, 15) is 19.2 Å². The van der Waals surface area contributed by atoms with Gasteiger partial charge in [0.1, 0.15) is 17.5 Å². The van der Waals surface area contributed by atoms with Gasteiger partial charge < -0.3 is 19.9 Å². The number of piperidine rings is 1. The molecule has 9 nitrogen and oxygen atoms in total. The Morgan fingerprint density at radius 3 is 2.76 bits per heavy atom. The van der Waals surface area contributed by atoms with Crippen molar-refractivity contribution in [1.82, 2.24) is 15.2 Å². The number of anilines is 1. The van der Waals surface area contributed by atoms with E-state index in [1.807, 2.05) is 0 Å². The first kappa shape index (κ1) is 18.7. The Morgan fingerprint density at radius 1 is 1.28 bits per heavy atom. The molecule has 1 aromatic carbocycles. The predicted octanol–water partition coefficient (Wildman–Crippen LogP) is 1.35. The highest BCUT2D eigenvalue weighted by molar-refractivity contribution is 6.07. The summed E-state index contributed by atoms with van der Waals surface area (Å²) in [5, 5.41) is 5.09. The number of amides is 4. The van der Waals surface area contributed by atoms with E-state index in [-0.39, 0.29) is 30.7 Å². The van der Waals surface area contributed by atoms with Gasteiger partial charge in [-0.1, -0.05) is 0 Å². The number of ether oxygens (including phenoxy) is 1. The predicted molar refractivity (Wildman–Crippen MR) is 103 cm³/mol. The number of hydrogen-bond donors (Lipinski definition) is 3. The van der Waals surface area contributed by atoms with Crippen LogP contribution in [0.1, 0.15) is 44.8 Å². The average molecular weight is 396 g/mol. The molecule has 0 radical (unpaired) electrons. The van der Waals surface area contributed by atoms with Crippen LogP contribution in [0.2, 0.25) is 0 Å². The number of benzene rings is 1. The van der Waals surface area contributed by atoms with Crippen molar-refractivity contribution >= 4 is 29.3 Å². The summed E-state index contributed by atoms with van der Waals surface area (Å²) in [7, 11) is 1.53. The number of aromatic amines is 1. The van der Waals surface area contributed by atoms with Gasteiger partial charge in [0.25, 0.3) is 11.8 Å². The lowest BCUT2D eigenvalue weighted by Gasteiger charge is -2.29. The zero-order chi connectivity index (χ0) is 20.7. The summed E-state index contributed by atoms with van der Waals surface area (Å²) in [5.74, 6) is -0.757. The summed E-state index contributed by atoms with van der Waals surface area (Å²) in [6, 6.07) is 4.35. The van der Waals surface area contributed by atoms with E-state index in [1.54, 1.807) is 31.3 Å². The maximum atomic E-state index is 12.7. The quantitative estimate of drug-likeness (QED) is 0.674. The standard InChI is InChI=1S/C20H20N4O5/c1-10-15(29-2)8-21-17(10)19(27)22-12-3-4-13-11(7-12)9-24(20(13)28)14-5-6-16(25)23-18(14)26/h3-4,7-8,14,21H,5-6,9H2,1-2H3,(H,22,27)(H,23,25,26). The number of H-pyrrole nitrogens is 1. The minimum atomic E-state index is -0.667. The number of hydrogen-bond acceptors (Lipinski definition) is 5. The molecule has 1 atom stereocenters. The Balaban J connectivity index is 1.51. The summed E-state index contributed by atoms with van der Waals surface area (Å²) in [6.45, 7) is 2.03. The number of nitrogens with zero attached hydrogens (tertiary/aromatic N) is 1. The number of aromatic nitrogens is 1. The molecule has 1 unspecified atom stereocenters. The van der Waals surface area contributed by atoms with Crippen LogP contribution in [0.25, 0.3) is 0 Å². The van der Waals surface area contributed by atoms with Gasteiger partial charge in [-0.05, 0) is 37.1 Å². The van der Waals surface area contributed by atoms with Crippen LogP contribution in [-0.2, 0) is 16.1 Å². The normalized spacial score (nSPS) is 18.5. The second-order valence-electron chi connectivity index (χ2n) is 7.08. The fourth-order valence-corrected chi connectivity index (χ4v) is 3.77. The molecule has 150 valence electrons. The molecule has 1 saturated heterocycles. The first-order chi connectivity index (χ1) is 13.9. The van der Waals surface area contributed by atoms with Crippen LogP contribution in [0.5, 0.6) is 5.75 Å². The highest BCUT2D eigenvalue weighted by Crippen LogP contribution is 2.30. The monoisotopic (exact) mass is 396 g/mol. The number of fused-ring (bicyclic) bond motifs is 1. The van der Waals surface area contributed by atoms with Crippen LogP contribution in [0.4, 0.5) is 5.69 Å². The first-order valence-electron chi connectivity index (χ1n) is 9.20. The highest BCUT2D eigenvalue weighted by Gasteiger charge is 2.39. The molecule has 9 heteroatoms. The van der Waals surface area contributed by atoms with Crippen molar-refractivity contribution < 1.29 is 23.9 Å². The number of carbonyl (C=O) groups is 4. The molecular weight excluding hydrogens is 376 g/mol. The minimum absolute atomic E-state index is 0.205. The van der Waals surface area contributed by atoms with Gasteiger partial charge >= 0.3 is 0 Å². The van der Waals surface area contributed by atoms with Crippen molar-refractivity contribution in [3.8, 4) is 5.75 Å². The summed E-state index contributed by atoms with van der Waals surface area (Å²) in [5.41, 5.74) is 2.84. The molecule has 0 aliphatic carbocycles. The lowest BCUT2D eigenvalue weighted by molar-refractivity contribution is -0.136. The van der Waals surface area contributed by atoms with Crippen LogP contribution in [0, 0.1) is 6.92 Å². The van der Waals surface area contributed by atoms with Gasteiger partial charge in [-0.2, -0.15) is 0 Å². The van der Waals surface area contributed by atoms with E-state index in [0.29, 0.717) is 34.7 Å². The van der Waals surface area contributed by atoms with Crippen LogP contribution in [-0.4, -0.2) is 46.7 Å². The molecule has 0 spiro atoms. The zero-order valence-corrected chi connectivity index (χ0v) is 16.0. The van der Waals surface area contributed by atoms with Crippen molar-refractivity contribution in [2.24, 2.45) is 0 Å². The molecular formula is C20H20N4O5. The molecule has 2 aromatic rings. The van der Waals surface area contributed by atoms with Crippen molar-refractivity contribution in [2.75, 3.05) is 12.4 Å². The molecule has 0 bridgehead atoms. The van der Waals surface area contributed by atoms with Gasteiger partial charge in [-0.15, -0.1) is 0 Å². The molecule has 0 saturated carbocycles. The summed E-state index contributed by atoms with van der Waals surface area (Å²) >= 11 is 0. The second-order valence-corrected chi connectivity index (χ2v) is 7.08. The molecule has 4 amide bonds. The number of carbonyl (C=O) groups excluding carboxylic acids is 4. The van der Waals surface area contributed by atoms with E-state index in [1.165, 1.54) is 12.0 Å². The minimum Gasteiger partial charge on any atom is -0.495 e. The number of imide groups is 1. The highest BCUT2D eigenvalue weighted by atomic mass is 16.5. The van der Waals surface area contributed by atoms with E-state index in [0.717, 1.165) is 5.56 Å². The van der Waals surface area contributed by atoms with Crippen LogP contribution >= 0.6 is 0 Å². The number of methoxy groups -OCH3 is 1.